The van der Waals surface area contributed by atoms with Gasteiger partial charge in [0.15, 0.2) is 24.6 Å². The van der Waals surface area contributed by atoms with Crippen molar-refractivity contribution in [2.75, 3.05) is 13.2 Å². The zero-order valence-electron chi connectivity index (χ0n) is 32.4. The Kier molecular flexibility index (Phi) is 13.5. The molecule has 3 aromatic rings. The second-order valence-corrected chi connectivity index (χ2v) is 15.5. The molecule has 0 bridgehead atoms. The zero-order valence-corrected chi connectivity index (χ0v) is 32.4. The molecule has 0 saturated carbocycles. The highest BCUT2D eigenvalue weighted by molar-refractivity contribution is 5.91. The van der Waals surface area contributed by atoms with Gasteiger partial charge in [-0.3, -0.25) is 9.59 Å². The third-order valence-electron chi connectivity index (χ3n) is 8.80. The molecule has 15 heteroatoms. The van der Waals surface area contributed by atoms with Gasteiger partial charge in [-0.25, -0.2) is 19.2 Å². The largest absolute Gasteiger partial charge is 0.462 e. The molecule has 304 valence electrons. The van der Waals surface area contributed by atoms with E-state index in [1.165, 1.54) is 36.4 Å². The van der Waals surface area contributed by atoms with Crippen molar-refractivity contribution in [1.82, 2.24) is 0 Å². The number of carbonyl (C=O) groups is 6. The third-order valence-corrected chi connectivity index (χ3v) is 8.80. The Morgan fingerprint density at radius 3 is 1.61 bits per heavy atom. The highest BCUT2D eigenvalue weighted by atomic mass is 16.8. The van der Waals surface area contributed by atoms with Crippen molar-refractivity contribution >= 4 is 35.8 Å². The molecule has 57 heavy (non-hydrogen) atoms. The number of hydrogen-bond acceptors (Lipinski definition) is 15. The number of aliphatic hydroxyl groups is 1. The molecule has 0 amide bonds. The minimum absolute atomic E-state index is 0.114. The van der Waals surface area contributed by atoms with Gasteiger partial charge in [0.05, 0.1) is 27.5 Å². The molecule has 0 spiro atoms. The summed E-state index contributed by atoms with van der Waals surface area (Å²) in [4.78, 5) is 78.9. The van der Waals surface area contributed by atoms with Crippen LogP contribution in [-0.4, -0.2) is 103 Å². The van der Waals surface area contributed by atoms with Crippen molar-refractivity contribution in [1.29, 1.82) is 0 Å². The van der Waals surface area contributed by atoms with E-state index in [1.807, 2.05) is 0 Å². The normalized spacial score (nSPS) is 23.8. The number of ether oxygens (including phenoxy) is 8. The molecule has 5 rings (SSSR count). The number of cyclic esters (lactones) is 1. The minimum Gasteiger partial charge on any atom is -0.462 e. The number of rotatable bonds is 13. The first-order chi connectivity index (χ1) is 26.9. The summed E-state index contributed by atoms with van der Waals surface area (Å²) < 4.78 is 46.3. The summed E-state index contributed by atoms with van der Waals surface area (Å²) in [5, 5.41) is 11.4. The van der Waals surface area contributed by atoms with Crippen LogP contribution in [0.1, 0.15) is 72.6 Å². The van der Waals surface area contributed by atoms with Gasteiger partial charge in [0.25, 0.3) is 0 Å². The second-order valence-electron chi connectivity index (χ2n) is 15.5. The number of carbonyl (C=O) groups excluding carboxylic acids is 6. The van der Waals surface area contributed by atoms with E-state index < -0.39 is 109 Å². The first-order valence-electron chi connectivity index (χ1n) is 18.3. The Hall–Kier alpha value is -5.64. The van der Waals surface area contributed by atoms with Crippen molar-refractivity contribution in [2.45, 2.75) is 90.6 Å². The van der Waals surface area contributed by atoms with Gasteiger partial charge >= 0.3 is 35.8 Å². The molecular weight excluding hydrogens is 744 g/mol. The van der Waals surface area contributed by atoms with E-state index in [2.05, 4.69) is 0 Å². The van der Waals surface area contributed by atoms with Crippen LogP contribution in [-0.2, 0) is 52.3 Å². The highest BCUT2D eigenvalue weighted by Gasteiger charge is 2.56. The molecule has 2 heterocycles. The van der Waals surface area contributed by atoms with E-state index in [1.54, 1.807) is 96.1 Å². The topological polar surface area (TPSA) is 196 Å². The van der Waals surface area contributed by atoms with Crippen LogP contribution in [0.3, 0.4) is 0 Å². The van der Waals surface area contributed by atoms with Gasteiger partial charge in [0, 0.05) is 0 Å². The van der Waals surface area contributed by atoms with Crippen LogP contribution in [0.25, 0.3) is 0 Å². The molecule has 2 saturated heterocycles. The Labute approximate surface area is 329 Å². The molecular formula is C42H46O15. The van der Waals surface area contributed by atoms with Crippen molar-refractivity contribution in [3.05, 3.63) is 108 Å². The summed E-state index contributed by atoms with van der Waals surface area (Å²) in [6.45, 7) is 8.29. The van der Waals surface area contributed by atoms with Gasteiger partial charge in [0.2, 0.25) is 6.10 Å². The Morgan fingerprint density at radius 2 is 1.12 bits per heavy atom. The van der Waals surface area contributed by atoms with Crippen LogP contribution in [0.4, 0.5) is 0 Å². The lowest BCUT2D eigenvalue weighted by molar-refractivity contribution is -0.229. The fourth-order valence-corrected chi connectivity index (χ4v) is 5.60. The summed E-state index contributed by atoms with van der Waals surface area (Å²) >= 11 is 0. The predicted octanol–water partition coefficient (Wildman–Crippen LogP) is 4.24. The number of hydrogen-bond donors (Lipinski definition) is 1. The standard InChI is InChI=1S/C42H46O15/c1-41(2,3)39(48)51-23-27(30-29(43)32(37(47)54-30)57-40(49)42(4,5)6)52-38-33(56-36(46)26-20-14-9-15-21-26)31(55-35(45)25-18-12-8-13-19-25)28(53-38)22-50-34(44)24-16-10-7-11-17-24/h7-21,27-33,38,43H,22-23H2,1-6H3/t27-,28-,29+,30+,31-,32-,33+,38+/m1/s1. The number of aliphatic hydroxyl groups excluding tert-OH is 1. The average Bonchev–Trinajstić information content (AvgIpc) is 3.65. The molecule has 15 nitrogen and oxygen atoms in total. The first kappa shape index (κ1) is 42.5. The molecule has 3 aromatic carbocycles. The van der Waals surface area contributed by atoms with E-state index in [0.29, 0.717) is 0 Å². The second kappa shape index (κ2) is 18.1. The summed E-state index contributed by atoms with van der Waals surface area (Å²) in [5.41, 5.74) is -1.58. The van der Waals surface area contributed by atoms with Crippen LogP contribution < -0.4 is 0 Å². The lowest BCUT2D eigenvalue weighted by Crippen LogP contribution is -2.49. The molecule has 0 unspecified atom stereocenters. The van der Waals surface area contributed by atoms with E-state index in [9.17, 15) is 33.9 Å². The molecule has 0 aliphatic carbocycles. The third kappa shape index (κ3) is 10.8. The highest BCUT2D eigenvalue weighted by Crippen LogP contribution is 2.34. The van der Waals surface area contributed by atoms with Crippen LogP contribution in [0.2, 0.25) is 0 Å². The summed E-state index contributed by atoms with van der Waals surface area (Å²) in [6, 6.07) is 23.9. The van der Waals surface area contributed by atoms with Crippen molar-refractivity contribution in [3.63, 3.8) is 0 Å². The lowest BCUT2D eigenvalue weighted by atomic mass is 9.97. The summed E-state index contributed by atoms with van der Waals surface area (Å²) in [6.07, 6.45) is -12.9. The fourth-order valence-electron chi connectivity index (χ4n) is 5.60. The van der Waals surface area contributed by atoms with Crippen LogP contribution in [0, 0.1) is 10.8 Å². The molecule has 1 N–H and O–H groups in total. The monoisotopic (exact) mass is 790 g/mol. The fraction of sp³-hybridized carbons (Fsp3) is 0.429. The minimum atomic E-state index is -1.83. The van der Waals surface area contributed by atoms with E-state index in [4.69, 9.17) is 37.9 Å². The summed E-state index contributed by atoms with van der Waals surface area (Å²) in [7, 11) is 0. The lowest BCUT2D eigenvalue weighted by Gasteiger charge is -2.30. The SMILES string of the molecule is CC(C)(C)C(=O)OC[C@@H](O[C@H]1O[C@H](COC(=O)c2ccccc2)[C@@H](OC(=O)c2ccccc2)[C@@H]1OC(=O)c1ccccc1)[C@@H]1OC(=O)[C@H](OC(=O)C(C)(C)C)[C@H]1O. The van der Waals surface area contributed by atoms with E-state index >= 15 is 0 Å². The maximum atomic E-state index is 13.6. The van der Waals surface area contributed by atoms with Crippen LogP contribution in [0.5, 0.6) is 0 Å². The smallest absolute Gasteiger partial charge is 0.350 e. The number of esters is 6. The van der Waals surface area contributed by atoms with Gasteiger partial charge in [-0.05, 0) is 77.9 Å². The molecule has 2 fully saturated rings. The molecule has 0 aromatic heterocycles. The van der Waals surface area contributed by atoms with Crippen molar-refractivity contribution in [3.8, 4) is 0 Å². The van der Waals surface area contributed by atoms with Gasteiger partial charge in [-0.15, -0.1) is 0 Å². The van der Waals surface area contributed by atoms with Crippen LogP contribution in [0.15, 0.2) is 91.0 Å². The molecule has 8 atom stereocenters. The van der Waals surface area contributed by atoms with E-state index in [0.717, 1.165) is 0 Å². The Morgan fingerprint density at radius 1 is 0.649 bits per heavy atom. The van der Waals surface area contributed by atoms with E-state index in [-0.39, 0.29) is 16.7 Å². The summed E-state index contributed by atoms with van der Waals surface area (Å²) in [5.74, 6) is -5.05. The Balaban J connectivity index is 1.51. The van der Waals surface area contributed by atoms with Gasteiger partial charge in [-0.2, -0.15) is 0 Å². The van der Waals surface area contributed by atoms with Crippen molar-refractivity contribution < 1.29 is 71.8 Å². The quantitative estimate of drug-likeness (QED) is 0.191. The van der Waals surface area contributed by atoms with Gasteiger partial charge in [-0.1, -0.05) is 54.6 Å². The molecule has 2 aliphatic rings. The maximum Gasteiger partial charge on any atom is 0.350 e. The zero-order chi connectivity index (χ0) is 41.5. The van der Waals surface area contributed by atoms with Gasteiger partial charge in [0.1, 0.15) is 31.5 Å². The average molecular weight is 791 g/mol. The predicted molar refractivity (Wildman–Crippen MR) is 197 cm³/mol. The molecule has 2 aliphatic heterocycles. The van der Waals surface area contributed by atoms with Crippen molar-refractivity contribution in [2.24, 2.45) is 10.8 Å². The van der Waals surface area contributed by atoms with Gasteiger partial charge < -0.3 is 43.0 Å². The number of benzene rings is 3. The Bertz CT molecular complexity index is 1880. The maximum absolute atomic E-state index is 13.6. The van der Waals surface area contributed by atoms with Crippen LogP contribution >= 0.6 is 0 Å². The molecule has 0 radical (unpaired) electrons. The first-order valence-corrected chi connectivity index (χ1v) is 18.3.